The first-order valence-corrected chi connectivity index (χ1v) is 6.35. The molecule has 1 aliphatic rings. The Kier molecular flexibility index (Phi) is 3.08. The molecule has 1 fully saturated rings. The zero-order chi connectivity index (χ0) is 10.8. The minimum Gasteiger partial charge on any atom is -0.322 e. The van der Waals surface area contributed by atoms with Crippen LogP contribution in [-0.2, 0) is 0 Å². The number of hydrogen-bond acceptors (Lipinski definition) is 3. The maximum absolute atomic E-state index is 12.1. The van der Waals surface area contributed by atoms with Gasteiger partial charge in [0.15, 0.2) is 0 Å². The first-order chi connectivity index (χ1) is 7.24. The lowest BCUT2D eigenvalue weighted by Gasteiger charge is -2.18. The van der Waals surface area contributed by atoms with Gasteiger partial charge in [0.2, 0.25) is 0 Å². The van der Waals surface area contributed by atoms with E-state index in [1.54, 1.807) is 4.90 Å². The van der Waals surface area contributed by atoms with Gasteiger partial charge in [0.1, 0.15) is 10.9 Å². The lowest BCUT2D eigenvalue weighted by molar-refractivity contribution is 0.0769. The first kappa shape index (κ1) is 10.7. The third-order valence-electron chi connectivity index (χ3n) is 2.47. The number of nitrogens with zero attached hydrogens (tertiary/aromatic N) is 2. The predicted molar refractivity (Wildman–Crippen MR) is 61.7 cm³/mol. The van der Waals surface area contributed by atoms with E-state index in [2.05, 4.69) is 22.0 Å². The van der Waals surface area contributed by atoms with Gasteiger partial charge < -0.3 is 4.90 Å². The summed E-state index contributed by atoms with van der Waals surface area (Å²) in [6.07, 6.45) is 1.72. The van der Waals surface area contributed by atoms with E-state index in [-0.39, 0.29) is 11.9 Å². The molecule has 0 aliphatic carbocycles. The molecule has 0 radical (unpaired) electrons. The molecule has 0 spiro atoms. The molecule has 1 aromatic heterocycles. The van der Waals surface area contributed by atoms with Crippen molar-refractivity contribution in [3.63, 3.8) is 0 Å². The number of thiophene rings is 1. The Morgan fingerprint density at radius 3 is 3.13 bits per heavy atom. The number of likely N-dealkylation sites (tertiary alicyclic amines) is 1. The van der Waals surface area contributed by atoms with Crippen LogP contribution in [0.5, 0.6) is 0 Å². The van der Waals surface area contributed by atoms with Crippen LogP contribution >= 0.6 is 27.3 Å². The summed E-state index contributed by atoms with van der Waals surface area (Å²) in [4.78, 5) is 14.4. The molecule has 2 rings (SSSR count). The quantitative estimate of drug-likeness (QED) is 0.796. The average Bonchev–Trinajstić information content (AvgIpc) is 2.84. The smallest absolute Gasteiger partial charge is 0.266 e. The van der Waals surface area contributed by atoms with Crippen LogP contribution in [0, 0.1) is 11.3 Å². The molecule has 0 aromatic carbocycles. The van der Waals surface area contributed by atoms with Gasteiger partial charge in [0.25, 0.3) is 5.91 Å². The number of rotatable bonds is 1. The SMILES string of the molecule is N#CC1CCCN1C(=O)c1sccc1Br. The molecule has 0 saturated carbocycles. The molecule has 3 nitrogen and oxygen atoms in total. The molecule has 0 bridgehead atoms. The number of amides is 1. The summed E-state index contributed by atoms with van der Waals surface area (Å²) in [6, 6.07) is 3.78. The molecule has 1 amide bonds. The molecule has 1 aliphatic heterocycles. The van der Waals surface area contributed by atoms with Crippen molar-refractivity contribution in [1.29, 1.82) is 5.26 Å². The highest BCUT2D eigenvalue weighted by Crippen LogP contribution is 2.27. The van der Waals surface area contributed by atoms with Crippen LogP contribution in [0.25, 0.3) is 0 Å². The Balaban J connectivity index is 2.22. The molecule has 15 heavy (non-hydrogen) atoms. The minimum absolute atomic E-state index is 0.0269. The van der Waals surface area contributed by atoms with Crippen molar-refractivity contribution in [3.8, 4) is 6.07 Å². The van der Waals surface area contributed by atoms with Crippen LogP contribution in [0.2, 0.25) is 0 Å². The maximum atomic E-state index is 12.1. The lowest BCUT2D eigenvalue weighted by atomic mass is 10.2. The van der Waals surface area contributed by atoms with E-state index in [0.29, 0.717) is 11.4 Å². The first-order valence-electron chi connectivity index (χ1n) is 4.67. The second-order valence-corrected chi connectivity index (χ2v) is 5.15. The van der Waals surface area contributed by atoms with Crippen molar-refractivity contribution in [1.82, 2.24) is 4.90 Å². The average molecular weight is 285 g/mol. The fourth-order valence-corrected chi connectivity index (χ4v) is 3.22. The van der Waals surface area contributed by atoms with E-state index in [4.69, 9.17) is 5.26 Å². The Morgan fingerprint density at radius 2 is 2.53 bits per heavy atom. The summed E-state index contributed by atoms with van der Waals surface area (Å²) < 4.78 is 0.820. The van der Waals surface area contributed by atoms with E-state index in [1.807, 2.05) is 11.4 Å². The monoisotopic (exact) mass is 284 g/mol. The number of carbonyl (C=O) groups is 1. The standard InChI is InChI=1S/C10H9BrN2OS/c11-8-3-5-15-9(8)10(14)13-4-1-2-7(13)6-12/h3,5,7H,1-2,4H2. The molecule has 5 heteroatoms. The molecular formula is C10H9BrN2OS. The summed E-state index contributed by atoms with van der Waals surface area (Å²) in [5, 5.41) is 10.8. The summed E-state index contributed by atoms with van der Waals surface area (Å²) in [5.41, 5.74) is 0. The van der Waals surface area contributed by atoms with Gasteiger partial charge in [-0.05, 0) is 40.2 Å². The van der Waals surface area contributed by atoms with Crippen molar-refractivity contribution >= 4 is 33.2 Å². The molecule has 78 valence electrons. The van der Waals surface area contributed by atoms with E-state index < -0.39 is 0 Å². The van der Waals surface area contributed by atoms with E-state index in [9.17, 15) is 4.79 Å². The zero-order valence-corrected chi connectivity index (χ0v) is 10.3. The van der Waals surface area contributed by atoms with Gasteiger partial charge in [-0.1, -0.05) is 0 Å². The van der Waals surface area contributed by atoms with E-state index >= 15 is 0 Å². The van der Waals surface area contributed by atoms with Crippen molar-refractivity contribution < 1.29 is 4.79 Å². The number of hydrogen-bond donors (Lipinski definition) is 0. The van der Waals surface area contributed by atoms with Gasteiger partial charge in [-0.2, -0.15) is 5.26 Å². The summed E-state index contributed by atoms with van der Waals surface area (Å²) in [5.74, 6) is -0.0269. The molecule has 1 saturated heterocycles. The van der Waals surface area contributed by atoms with Gasteiger partial charge in [0, 0.05) is 11.0 Å². The van der Waals surface area contributed by atoms with E-state index in [0.717, 1.165) is 17.3 Å². The molecule has 1 aromatic rings. The van der Waals surface area contributed by atoms with Crippen molar-refractivity contribution in [2.24, 2.45) is 0 Å². The van der Waals surface area contributed by atoms with E-state index in [1.165, 1.54) is 11.3 Å². The highest BCUT2D eigenvalue weighted by Gasteiger charge is 2.30. The zero-order valence-electron chi connectivity index (χ0n) is 7.94. The van der Waals surface area contributed by atoms with Crippen LogP contribution in [0.3, 0.4) is 0 Å². The summed E-state index contributed by atoms with van der Waals surface area (Å²) >= 11 is 4.75. The lowest BCUT2D eigenvalue weighted by Crippen LogP contribution is -2.34. The highest BCUT2D eigenvalue weighted by atomic mass is 79.9. The Morgan fingerprint density at radius 1 is 1.73 bits per heavy atom. The molecule has 0 N–H and O–H groups in total. The molecule has 1 unspecified atom stereocenters. The second kappa shape index (κ2) is 4.33. The van der Waals surface area contributed by atoms with Gasteiger partial charge in [-0.3, -0.25) is 4.79 Å². The van der Waals surface area contributed by atoms with Crippen LogP contribution in [0.4, 0.5) is 0 Å². The second-order valence-electron chi connectivity index (χ2n) is 3.38. The van der Waals surface area contributed by atoms with Crippen LogP contribution in [0.15, 0.2) is 15.9 Å². The third kappa shape index (κ3) is 1.92. The Bertz CT molecular complexity index is 423. The third-order valence-corrected chi connectivity index (χ3v) is 4.30. The van der Waals surface area contributed by atoms with Crippen LogP contribution in [0.1, 0.15) is 22.5 Å². The largest absolute Gasteiger partial charge is 0.322 e. The Labute approximate surface area is 100 Å². The van der Waals surface area contributed by atoms with Gasteiger partial charge in [0.05, 0.1) is 6.07 Å². The fourth-order valence-electron chi connectivity index (χ4n) is 1.72. The highest BCUT2D eigenvalue weighted by molar-refractivity contribution is 9.10. The summed E-state index contributed by atoms with van der Waals surface area (Å²) in [7, 11) is 0. The normalized spacial score (nSPS) is 20.3. The fraction of sp³-hybridized carbons (Fsp3) is 0.400. The summed E-state index contributed by atoms with van der Waals surface area (Å²) in [6.45, 7) is 0.696. The number of carbonyl (C=O) groups excluding carboxylic acids is 1. The Hall–Kier alpha value is -0.860. The van der Waals surface area contributed by atoms with Crippen LogP contribution in [-0.4, -0.2) is 23.4 Å². The predicted octanol–water partition coefficient (Wildman–Crippen LogP) is 2.64. The minimum atomic E-state index is -0.244. The van der Waals surface area contributed by atoms with Crippen LogP contribution < -0.4 is 0 Å². The van der Waals surface area contributed by atoms with Gasteiger partial charge in [-0.15, -0.1) is 11.3 Å². The number of halogens is 1. The number of nitriles is 1. The molecule has 1 atom stereocenters. The molecular weight excluding hydrogens is 276 g/mol. The van der Waals surface area contributed by atoms with Crippen molar-refractivity contribution in [3.05, 3.63) is 20.8 Å². The van der Waals surface area contributed by atoms with Gasteiger partial charge in [-0.25, -0.2) is 0 Å². The topological polar surface area (TPSA) is 44.1 Å². The maximum Gasteiger partial charge on any atom is 0.266 e. The van der Waals surface area contributed by atoms with Crippen molar-refractivity contribution in [2.45, 2.75) is 18.9 Å². The van der Waals surface area contributed by atoms with Gasteiger partial charge >= 0.3 is 0 Å². The van der Waals surface area contributed by atoms with Crippen molar-refractivity contribution in [2.75, 3.05) is 6.54 Å². The molecule has 2 heterocycles.